The monoisotopic (exact) mass is 297 g/mol. The molecule has 0 spiro atoms. The van der Waals surface area contributed by atoms with Crippen LogP contribution in [0.15, 0.2) is 18.2 Å². The van der Waals surface area contributed by atoms with E-state index in [2.05, 4.69) is 20.5 Å². The molecule has 0 aliphatic rings. The van der Waals surface area contributed by atoms with Crippen molar-refractivity contribution in [2.45, 2.75) is 19.9 Å². The lowest BCUT2D eigenvalue weighted by atomic mass is 10.1. The number of hydrogen-bond donors (Lipinski definition) is 2. The summed E-state index contributed by atoms with van der Waals surface area (Å²) in [7, 11) is 0. The number of nitrogens with two attached hydrogens (primary N) is 1. The number of aromatic nitrogens is 3. The third-order valence-electron chi connectivity index (χ3n) is 2.34. The summed E-state index contributed by atoms with van der Waals surface area (Å²) in [4.78, 5) is 4.15. The van der Waals surface area contributed by atoms with Gasteiger partial charge in [-0.05, 0) is 19.9 Å². The van der Waals surface area contributed by atoms with Gasteiger partial charge in [0, 0.05) is 11.6 Å². The molecule has 19 heavy (non-hydrogen) atoms. The first-order valence-corrected chi connectivity index (χ1v) is 6.45. The largest absolute Gasteiger partial charge is 0.382 e. The SMILES string of the molecule is CC(C)Nc1nnc(-c2cccc(Cl)c2Cl)c(N)n1. The zero-order chi connectivity index (χ0) is 14.0. The molecule has 5 nitrogen and oxygen atoms in total. The molecule has 1 heterocycles. The summed E-state index contributed by atoms with van der Waals surface area (Å²) in [5, 5.41) is 11.9. The molecule has 0 saturated carbocycles. The minimum Gasteiger partial charge on any atom is -0.382 e. The van der Waals surface area contributed by atoms with Crippen molar-refractivity contribution in [1.29, 1.82) is 0 Å². The lowest BCUT2D eigenvalue weighted by molar-refractivity contribution is 0.855. The Bertz CT molecular complexity index is 601. The van der Waals surface area contributed by atoms with Crippen molar-refractivity contribution in [3.8, 4) is 11.3 Å². The predicted octanol–water partition coefficient (Wildman–Crippen LogP) is 3.25. The van der Waals surface area contributed by atoms with Crippen LogP contribution in [-0.2, 0) is 0 Å². The fraction of sp³-hybridized carbons (Fsp3) is 0.250. The highest BCUT2D eigenvalue weighted by atomic mass is 35.5. The van der Waals surface area contributed by atoms with Crippen LogP contribution in [0.3, 0.4) is 0 Å². The first-order valence-electron chi connectivity index (χ1n) is 5.70. The second-order valence-electron chi connectivity index (χ2n) is 4.27. The summed E-state index contributed by atoms with van der Waals surface area (Å²) in [6.07, 6.45) is 0. The van der Waals surface area contributed by atoms with Gasteiger partial charge in [0.1, 0.15) is 5.69 Å². The van der Waals surface area contributed by atoms with Crippen LogP contribution < -0.4 is 11.1 Å². The smallest absolute Gasteiger partial charge is 0.244 e. The van der Waals surface area contributed by atoms with Crippen molar-refractivity contribution in [2.24, 2.45) is 0 Å². The Kier molecular flexibility index (Phi) is 4.07. The summed E-state index contributed by atoms with van der Waals surface area (Å²) < 4.78 is 0. The van der Waals surface area contributed by atoms with Gasteiger partial charge in [-0.2, -0.15) is 4.98 Å². The maximum Gasteiger partial charge on any atom is 0.244 e. The molecule has 7 heteroatoms. The van der Waals surface area contributed by atoms with E-state index in [1.165, 1.54) is 0 Å². The molecule has 0 fully saturated rings. The molecule has 0 saturated heterocycles. The van der Waals surface area contributed by atoms with Crippen LogP contribution in [-0.4, -0.2) is 21.2 Å². The molecule has 0 aliphatic carbocycles. The van der Waals surface area contributed by atoms with Crippen LogP contribution in [0.4, 0.5) is 11.8 Å². The zero-order valence-corrected chi connectivity index (χ0v) is 12.0. The van der Waals surface area contributed by atoms with E-state index in [1.807, 2.05) is 13.8 Å². The fourth-order valence-corrected chi connectivity index (χ4v) is 1.93. The summed E-state index contributed by atoms with van der Waals surface area (Å²) in [6.45, 7) is 3.95. The molecule has 0 atom stereocenters. The molecule has 1 aromatic heterocycles. The van der Waals surface area contributed by atoms with Gasteiger partial charge in [-0.15, -0.1) is 10.2 Å². The average Bonchev–Trinajstić information content (AvgIpc) is 2.33. The Morgan fingerprint density at radius 1 is 1.21 bits per heavy atom. The van der Waals surface area contributed by atoms with Gasteiger partial charge in [-0.3, -0.25) is 0 Å². The third-order valence-corrected chi connectivity index (χ3v) is 3.16. The maximum absolute atomic E-state index is 6.13. The number of halogens is 2. The number of anilines is 2. The minimum atomic E-state index is 0.196. The normalized spacial score (nSPS) is 10.8. The van der Waals surface area contributed by atoms with Gasteiger partial charge in [0.05, 0.1) is 10.0 Å². The standard InChI is InChI=1S/C12H13Cl2N5/c1-6(2)16-12-17-11(15)10(18-19-12)7-4-3-5-8(13)9(7)14/h3-6H,1-2H3,(H3,15,16,17,19). The van der Waals surface area contributed by atoms with Gasteiger partial charge in [-0.25, -0.2) is 0 Å². The first-order chi connectivity index (χ1) is 8.99. The summed E-state index contributed by atoms with van der Waals surface area (Å²) in [6, 6.07) is 5.43. The molecule has 0 radical (unpaired) electrons. The number of hydrogen-bond acceptors (Lipinski definition) is 5. The van der Waals surface area contributed by atoms with Crippen LogP contribution in [0, 0.1) is 0 Å². The van der Waals surface area contributed by atoms with Crippen molar-refractivity contribution in [1.82, 2.24) is 15.2 Å². The van der Waals surface area contributed by atoms with E-state index in [-0.39, 0.29) is 11.9 Å². The molecular formula is C12H13Cl2N5. The minimum absolute atomic E-state index is 0.196. The second-order valence-corrected chi connectivity index (χ2v) is 5.05. The van der Waals surface area contributed by atoms with Crippen molar-refractivity contribution >= 4 is 35.0 Å². The average molecular weight is 298 g/mol. The number of nitrogens with one attached hydrogen (secondary N) is 1. The Morgan fingerprint density at radius 2 is 1.95 bits per heavy atom. The van der Waals surface area contributed by atoms with Crippen molar-refractivity contribution in [2.75, 3.05) is 11.1 Å². The van der Waals surface area contributed by atoms with Gasteiger partial charge in [0.2, 0.25) is 5.95 Å². The molecule has 3 N–H and O–H groups in total. The number of nitrogen functional groups attached to an aromatic ring is 1. The van der Waals surface area contributed by atoms with E-state index in [0.717, 1.165) is 0 Å². The fourth-order valence-electron chi connectivity index (χ4n) is 1.54. The summed E-state index contributed by atoms with van der Waals surface area (Å²) >= 11 is 12.1. The van der Waals surface area contributed by atoms with Crippen LogP contribution in [0.5, 0.6) is 0 Å². The van der Waals surface area contributed by atoms with Crippen LogP contribution in [0.2, 0.25) is 10.0 Å². The molecule has 0 aliphatic heterocycles. The molecule has 100 valence electrons. The highest BCUT2D eigenvalue weighted by molar-refractivity contribution is 6.43. The van der Waals surface area contributed by atoms with Gasteiger partial charge < -0.3 is 11.1 Å². The maximum atomic E-state index is 6.13. The Labute approximate surface area is 121 Å². The lowest BCUT2D eigenvalue weighted by Crippen LogP contribution is -2.14. The van der Waals surface area contributed by atoms with Crippen LogP contribution in [0.1, 0.15) is 13.8 Å². The van der Waals surface area contributed by atoms with E-state index in [0.29, 0.717) is 27.3 Å². The predicted molar refractivity (Wildman–Crippen MR) is 78.5 cm³/mol. The Balaban J connectivity index is 2.43. The zero-order valence-electron chi connectivity index (χ0n) is 10.5. The second kappa shape index (κ2) is 5.59. The molecule has 2 rings (SSSR count). The van der Waals surface area contributed by atoms with Gasteiger partial charge in [0.25, 0.3) is 0 Å². The summed E-state index contributed by atoms with van der Waals surface area (Å²) in [5.41, 5.74) is 6.92. The van der Waals surface area contributed by atoms with Crippen molar-refractivity contribution in [3.05, 3.63) is 28.2 Å². The number of nitrogens with zero attached hydrogens (tertiary/aromatic N) is 3. The van der Waals surface area contributed by atoms with Crippen molar-refractivity contribution in [3.63, 3.8) is 0 Å². The van der Waals surface area contributed by atoms with Gasteiger partial charge in [0.15, 0.2) is 5.82 Å². The van der Waals surface area contributed by atoms with E-state index in [9.17, 15) is 0 Å². The number of benzene rings is 1. The van der Waals surface area contributed by atoms with E-state index < -0.39 is 0 Å². The van der Waals surface area contributed by atoms with E-state index in [1.54, 1.807) is 18.2 Å². The lowest BCUT2D eigenvalue weighted by Gasteiger charge is -2.10. The quantitative estimate of drug-likeness (QED) is 0.909. The Hall–Kier alpha value is -1.59. The molecule has 1 aromatic carbocycles. The van der Waals surface area contributed by atoms with Crippen LogP contribution >= 0.6 is 23.2 Å². The molecule has 2 aromatic rings. The van der Waals surface area contributed by atoms with Gasteiger partial charge in [-0.1, -0.05) is 35.3 Å². The van der Waals surface area contributed by atoms with Crippen LogP contribution in [0.25, 0.3) is 11.3 Å². The molecular weight excluding hydrogens is 285 g/mol. The third kappa shape index (κ3) is 3.05. The number of rotatable bonds is 3. The first kappa shape index (κ1) is 13.8. The van der Waals surface area contributed by atoms with E-state index >= 15 is 0 Å². The van der Waals surface area contributed by atoms with Gasteiger partial charge >= 0.3 is 0 Å². The topological polar surface area (TPSA) is 76.7 Å². The van der Waals surface area contributed by atoms with Crippen molar-refractivity contribution < 1.29 is 0 Å². The molecule has 0 amide bonds. The molecule has 0 bridgehead atoms. The van der Waals surface area contributed by atoms with E-state index in [4.69, 9.17) is 28.9 Å². The highest BCUT2D eigenvalue weighted by Gasteiger charge is 2.14. The highest BCUT2D eigenvalue weighted by Crippen LogP contribution is 2.34. The summed E-state index contributed by atoms with van der Waals surface area (Å²) in [5.74, 6) is 0.636. The Morgan fingerprint density at radius 3 is 2.58 bits per heavy atom. The molecule has 0 unspecified atom stereocenters.